The van der Waals surface area contributed by atoms with Gasteiger partial charge in [0.05, 0.1) is 25.1 Å². The van der Waals surface area contributed by atoms with E-state index in [0.29, 0.717) is 0 Å². The van der Waals surface area contributed by atoms with Crippen LogP contribution in [0.3, 0.4) is 0 Å². The average molecular weight is 260 g/mol. The Labute approximate surface area is 109 Å². The Morgan fingerprint density at radius 2 is 2.16 bits per heavy atom. The minimum atomic E-state index is -1.36. The van der Waals surface area contributed by atoms with Crippen molar-refractivity contribution < 1.29 is 15.0 Å². The summed E-state index contributed by atoms with van der Waals surface area (Å²) in [6.45, 7) is -0.307. The summed E-state index contributed by atoms with van der Waals surface area (Å²) in [7, 11) is 0. The predicted octanol–water partition coefficient (Wildman–Crippen LogP) is 1.49. The Kier molecular flexibility index (Phi) is 5.51. The van der Waals surface area contributed by atoms with Crippen LogP contribution in [-0.4, -0.2) is 28.6 Å². The van der Waals surface area contributed by atoms with Gasteiger partial charge in [-0.1, -0.05) is 29.4 Å². The van der Waals surface area contributed by atoms with Crippen LogP contribution in [0, 0.1) is 11.3 Å². The van der Waals surface area contributed by atoms with E-state index in [1.807, 2.05) is 0 Å². The van der Waals surface area contributed by atoms with E-state index >= 15 is 0 Å². The summed E-state index contributed by atoms with van der Waals surface area (Å²) in [5, 5.41) is 31.3. The number of nitrogens with zero attached hydrogens (tertiary/aromatic N) is 4. The number of rotatable bonds is 6. The maximum absolute atomic E-state index is 11.7. The molecule has 7 nitrogen and oxygen atoms in total. The second-order valence-electron chi connectivity index (χ2n) is 3.77. The number of aliphatic hydroxyl groups is 2. The predicted molar refractivity (Wildman–Crippen MR) is 66.0 cm³/mol. The summed E-state index contributed by atoms with van der Waals surface area (Å²) >= 11 is 0. The van der Waals surface area contributed by atoms with Crippen molar-refractivity contribution in [3.63, 3.8) is 0 Å². The lowest BCUT2D eigenvalue weighted by Gasteiger charge is -2.18. The molecule has 0 spiro atoms. The molecule has 2 N–H and O–H groups in total. The minimum Gasteiger partial charge on any atom is -0.390 e. The molecule has 0 amide bonds. The number of benzene rings is 1. The number of Topliss-reactive ketones (excluding diaryl/α,β-unsaturated/α-hetero) is 1. The third kappa shape index (κ3) is 3.79. The lowest BCUT2D eigenvalue weighted by molar-refractivity contribution is 0.0239. The van der Waals surface area contributed by atoms with Crippen LogP contribution in [-0.2, 0) is 0 Å². The quantitative estimate of drug-likeness (QED) is 0.347. The van der Waals surface area contributed by atoms with Crippen molar-refractivity contribution in [3.05, 3.63) is 45.8 Å². The van der Waals surface area contributed by atoms with Gasteiger partial charge < -0.3 is 10.2 Å². The molecule has 98 valence electrons. The highest BCUT2D eigenvalue weighted by atomic mass is 16.3. The summed E-state index contributed by atoms with van der Waals surface area (Å²) in [6, 6.07) is 7.88. The van der Waals surface area contributed by atoms with Crippen molar-refractivity contribution in [2.75, 3.05) is 6.54 Å². The molecular weight excluding hydrogens is 248 g/mol. The first-order valence-corrected chi connectivity index (χ1v) is 5.48. The minimum absolute atomic E-state index is 0.177. The molecule has 0 fully saturated rings. The van der Waals surface area contributed by atoms with Gasteiger partial charge in [0.15, 0.2) is 5.78 Å². The normalized spacial score (nSPS) is 12.9. The fraction of sp³-hybridized carbons (Fsp3) is 0.333. The maximum Gasteiger partial charge on any atom is 0.177 e. The molecule has 2 unspecified atom stereocenters. The molecule has 0 aliphatic rings. The van der Waals surface area contributed by atoms with Gasteiger partial charge in [0.1, 0.15) is 6.10 Å². The second kappa shape index (κ2) is 7.13. The number of ketones is 1. The zero-order valence-corrected chi connectivity index (χ0v) is 9.97. The lowest BCUT2D eigenvalue weighted by atomic mass is 9.95. The van der Waals surface area contributed by atoms with Gasteiger partial charge in [0.25, 0.3) is 0 Å². The van der Waals surface area contributed by atoms with Gasteiger partial charge in [0.2, 0.25) is 0 Å². The van der Waals surface area contributed by atoms with Gasteiger partial charge in [-0.15, -0.1) is 0 Å². The largest absolute Gasteiger partial charge is 0.390 e. The molecule has 1 aromatic carbocycles. The molecule has 1 aromatic rings. The summed E-state index contributed by atoms with van der Waals surface area (Å²) in [5.74, 6) is -0.437. The summed E-state index contributed by atoms with van der Waals surface area (Å²) < 4.78 is 0. The summed E-state index contributed by atoms with van der Waals surface area (Å²) in [4.78, 5) is 14.2. The van der Waals surface area contributed by atoms with Crippen molar-refractivity contribution in [3.8, 4) is 6.07 Å². The first kappa shape index (κ1) is 14.7. The van der Waals surface area contributed by atoms with E-state index < -0.39 is 18.0 Å². The SMILES string of the molecule is N#CCC(=O)c1ccccc1C(O)C(O)CN=[N+]=[N-]. The van der Waals surface area contributed by atoms with E-state index in [1.165, 1.54) is 12.1 Å². The molecule has 0 saturated carbocycles. The number of hydrogen-bond acceptors (Lipinski definition) is 5. The van der Waals surface area contributed by atoms with E-state index in [1.54, 1.807) is 18.2 Å². The smallest absolute Gasteiger partial charge is 0.177 e. The third-order valence-corrected chi connectivity index (χ3v) is 2.52. The number of aliphatic hydroxyl groups excluding tert-OH is 2. The number of hydrogen-bond donors (Lipinski definition) is 2. The Hall–Kier alpha value is -2.39. The Bertz CT molecular complexity index is 546. The van der Waals surface area contributed by atoms with Crippen molar-refractivity contribution in [1.29, 1.82) is 5.26 Å². The van der Waals surface area contributed by atoms with E-state index in [9.17, 15) is 15.0 Å². The zero-order valence-electron chi connectivity index (χ0n) is 9.97. The van der Waals surface area contributed by atoms with Crippen molar-refractivity contribution >= 4 is 5.78 Å². The molecule has 0 radical (unpaired) electrons. The molecule has 0 saturated heterocycles. The number of carbonyl (C=O) groups is 1. The van der Waals surface area contributed by atoms with Crippen molar-refractivity contribution in [2.45, 2.75) is 18.6 Å². The molecule has 0 aliphatic carbocycles. The Morgan fingerprint density at radius 1 is 1.47 bits per heavy atom. The highest BCUT2D eigenvalue weighted by molar-refractivity contribution is 5.98. The van der Waals surface area contributed by atoms with Gasteiger partial charge in [-0.05, 0) is 11.1 Å². The fourth-order valence-electron chi connectivity index (χ4n) is 1.60. The van der Waals surface area contributed by atoms with Crippen LogP contribution in [0.25, 0.3) is 10.4 Å². The second-order valence-corrected chi connectivity index (χ2v) is 3.77. The fourth-order valence-corrected chi connectivity index (χ4v) is 1.60. The molecule has 0 heterocycles. The molecule has 19 heavy (non-hydrogen) atoms. The van der Waals surface area contributed by atoms with E-state index in [2.05, 4.69) is 10.0 Å². The molecule has 1 rings (SSSR count). The van der Waals surface area contributed by atoms with Crippen LogP contribution in [0.4, 0.5) is 0 Å². The van der Waals surface area contributed by atoms with Crippen LogP contribution in [0.1, 0.15) is 28.4 Å². The van der Waals surface area contributed by atoms with Crippen LogP contribution < -0.4 is 0 Å². The lowest BCUT2D eigenvalue weighted by Crippen LogP contribution is -2.23. The number of carbonyl (C=O) groups excluding carboxylic acids is 1. The third-order valence-electron chi connectivity index (χ3n) is 2.52. The monoisotopic (exact) mass is 260 g/mol. The number of azide groups is 1. The summed E-state index contributed by atoms with van der Waals surface area (Å²) in [6.07, 6.45) is -2.98. The standard InChI is InChI=1S/C12H12N4O3/c13-6-5-10(17)8-3-1-2-4-9(8)12(19)11(18)7-15-16-14/h1-4,11-12,18-19H,5,7H2. The Morgan fingerprint density at radius 3 is 2.79 bits per heavy atom. The van der Waals surface area contributed by atoms with Gasteiger partial charge in [-0.2, -0.15) is 5.26 Å². The maximum atomic E-state index is 11.7. The molecular formula is C12H12N4O3. The molecule has 7 heteroatoms. The highest BCUT2D eigenvalue weighted by Gasteiger charge is 2.22. The zero-order chi connectivity index (χ0) is 14.3. The van der Waals surface area contributed by atoms with Crippen molar-refractivity contribution in [2.24, 2.45) is 5.11 Å². The molecule has 0 bridgehead atoms. The molecule has 0 aliphatic heterocycles. The van der Waals surface area contributed by atoms with Gasteiger partial charge in [0, 0.05) is 10.5 Å². The highest BCUT2D eigenvalue weighted by Crippen LogP contribution is 2.22. The topological polar surface area (TPSA) is 130 Å². The van der Waals surface area contributed by atoms with E-state index in [4.69, 9.17) is 10.8 Å². The first-order chi connectivity index (χ1) is 9.11. The van der Waals surface area contributed by atoms with Crippen molar-refractivity contribution in [1.82, 2.24) is 0 Å². The van der Waals surface area contributed by atoms with Crippen LogP contribution >= 0.6 is 0 Å². The van der Waals surface area contributed by atoms with E-state index in [-0.39, 0.29) is 24.1 Å². The van der Waals surface area contributed by atoms with Crippen LogP contribution in [0.5, 0.6) is 0 Å². The van der Waals surface area contributed by atoms with Crippen LogP contribution in [0.15, 0.2) is 29.4 Å². The van der Waals surface area contributed by atoms with Gasteiger partial charge in [-0.25, -0.2) is 0 Å². The van der Waals surface area contributed by atoms with Crippen LogP contribution in [0.2, 0.25) is 0 Å². The first-order valence-electron chi connectivity index (χ1n) is 5.48. The van der Waals surface area contributed by atoms with Gasteiger partial charge >= 0.3 is 0 Å². The molecule has 2 atom stereocenters. The number of nitriles is 1. The van der Waals surface area contributed by atoms with Gasteiger partial charge in [-0.3, -0.25) is 4.79 Å². The average Bonchev–Trinajstić information content (AvgIpc) is 2.44. The Balaban J connectivity index is 3.03. The summed E-state index contributed by atoms with van der Waals surface area (Å²) in [5.41, 5.74) is 8.54. The van der Waals surface area contributed by atoms with E-state index in [0.717, 1.165) is 0 Å². The molecule has 0 aromatic heterocycles.